The Bertz CT molecular complexity index is 711. The first-order valence-electron chi connectivity index (χ1n) is 8.64. The number of hydrogen-bond acceptors (Lipinski definition) is 2. The molecule has 0 aliphatic heterocycles. The SMILES string of the molecule is CCCc1cc2ccc(C(=O)NC(=O)C3CCCCC3)cc2[nH]1. The lowest BCUT2D eigenvalue weighted by atomic mass is 9.88. The van der Waals surface area contributed by atoms with Crippen molar-refractivity contribution in [3.05, 3.63) is 35.5 Å². The molecule has 0 radical (unpaired) electrons. The fourth-order valence-corrected chi connectivity index (χ4v) is 3.38. The Hall–Kier alpha value is -2.10. The number of aromatic amines is 1. The molecule has 3 rings (SSSR count). The van der Waals surface area contributed by atoms with Crippen molar-refractivity contribution in [2.45, 2.75) is 51.9 Å². The molecule has 1 aliphatic carbocycles. The summed E-state index contributed by atoms with van der Waals surface area (Å²) < 4.78 is 0. The van der Waals surface area contributed by atoms with Gasteiger partial charge in [-0.1, -0.05) is 38.7 Å². The van der Waals surface area contributed by atoms with E-state index in [4.69, 9.17) is 0 Å². The fourth-order valence-electron chi connectivity index (χ4n) is 3.38. The van der Waals surface area contributed by atoms with Gasteiger partial charge in [0.1, 0.15) is 0 Å². The van der Waals surface area contributed by atoms with Crippen LogP contribution in [-0.2, 0) is 11.2 Å². The molecular formula is C19H24N2O2. The zero-order valence-electron chi connectivity index (χ0n) is 13.7. The first-order valence-corrected chi connectivity index (χ1v) is 8.64. The predicted molar refractivity (Wildman–Crippen MR) is 91.3 cm³/mol. The molecule has 0 atom stereocenters. The number of amides is 2. The summed E-state index contributed by atoms with van der Waals surface area (Å²) in [4.78, 5) is 27.9. The largest absolute Gasteiger partial charge is 0.358 e. The molecule has 0 saturated heterocycles. The van der Waals surface area contributed by atoms with Gasteiger partial charge >= 0.3 is 0 Å². The minimum Gasteiger partial charge on any atom is -0.358 e. The summed E-state index contributed by atoms with van der Waals surface area (Å²) in [5, 5.41) is 3.67. The Morgan fingerprint density at radius 1 is 1.17 bits per heavy atom. The number of benzene rings is 1. The number of carbonyl (C=O) groups excluding carboxylic acids is 2. The van der Waals surface area contributed by atoms with E-state index >= 15 is 0 Å². The lowest BCUT2D eigenvalue weighted by Gasteiger charge is -2.20. The first-order chi connectivity index (χ1) is 11.2. The zero-order chi connectivity index (χ0) is 16.2. The van der Waals surface area contributed by atoms with Gasteiger partial charge in [-0.2, -0.15) is 0 Å². The van der Waals surface area contributed by atoms with Crippen molar-refractivity contribution in [3.63, 3.8) is 0 Å². The van der Waals surface area contributed by atoms with Crippen LogP contribution in [-0.4, -0.2) is 16.8 Å². The maximum Gasteiger partial charge on any atom is 0.257 e. The van der Waals surface area contributed by atoms with Gasteiger partial charge in [-0.15, -0.1) is 0 Å². The molecule has 2 N–H and O–H groups in total. The molecule has 2 amide bonds. The van der Waals surface area contributed by atoms with Crippen LogP contribution in [0.15, 0.2) is 24.3 Å². The van der Waals surface area contributed by atoms with Crippen molar-refractivity contribution in [2.75, 3.05) is 0 Å². The van der Waals surface area contributed by atoms with E-state index in [-0.39, 0.29) is 17.7 Å². The molecule has 0 unspecified atom stereocenters. The minimum atomic E-state index is -0.297. The lowest BCUT2D eigenvalue weighted by Crippen LogP contribution is -2.36. The number of H-pyrrole nitrogens is 1. The quantitative estimate of drug-likeness (QED) is 0.839. The van der Waals surface area contributed by atoms with E-state index in [1.54, 1.807) is 6.07 Å². The van der Waals surface area contributed by atoms with Gasteiger partial charge in [-0.25, -0.2) is 0 Å². The number of hydrogen-bond donors (Lipinski definition) is 2. The summed E-state index contributed by atoms with van der Waals surface area (Å²) in [5.74, 6) is -0.417. The van der Waals surface area contributed by atoms with E-state index in [1.807, 2.05) is 12.1 Å². The Labute approximate surface area is 136 Å². The van der Waals surface area contributed by atoms with Crippen LogP contribution in [0.4, 0.5) is 0 Å². The molecule has 1 fully saturated rings. The Morgan fingerprint density at radius 3 is 2.70 bits per heavy atom. The Morgan fingerprint density at radius 2 is 1.96 bits per heavy atom. The maximum absolute atomic E-state index is 12.3. The normalized spacial score (nSPS) is 15.7. The molecule has 1 aromatic heterocycles. The highest BCUT2D eigenvalue weighted by Gasteiger charge is 2.23. The van der Waals surface area contributed by atoms with Gasteiger partial charge in [0, 0.05) is 22.7 Å². The summed E-state index contributed by atoms with van der Waals surface area (Å²) >= 11 is 0. The van der Waals surface area contributed by atoms with Gasteiger partial charge < -0.3 is 4.98 Å². The van der Waals surface area contributed by atoms with Crippen molar-refractivity contribution in [2.24, 2.45) is 5.92 Å². The van der Waals surface area contributed by atoms with Crippen molar-refractivity contribution in [3.8, 4) is 0 Å². The first kappa shape index (κ1) is 15.8. The molecule has 1 aliphatic rings. The van der Waals surface area contributed by atoms with Crippen LogP contribution in [0.3, 0.4) is 0 Å². The van der Waals surface area contributed by atoms with Crippen molar-refractivity contribution in [1.82, 2.24) is 10.3 Å². The number of fused-ring (bicyclic) bond motifs is 1. The van der Waals surface area contributed by atoms with Crippen LogP contribution in [0, 0.1) is 5.92 Å². The smallest absolute Gasteiger partial charge is 0.257 e. The zero-order valence-corrected chi connectivity index (χ0v) is 13.7. The van der Waals surface area contributed by atoms with Gasteiger partial charge in [-0.3, -0.25) is 14.9 Å². The van der Waals surface area contributed by atoms with Gasteiger partial charge in [0.2, 0.25) is 5.91 Å². The number of carbonyl (C=O) groups is 2. The summed E-state index contributed by atoms with van der Waals surface area (Å²) in [6.45, 7) is 2.14. The molecule has 2 aromatic rings. The molecule has 4 heteroatoms. The van der Waals surface area contributed by atoms with E-state index in [0.29, 0.717) is 5.56 Å². The number of aromatic nitrogens is 1. The van der Waals surface area contributed by atoms with Crippen molar-refractivity contribution >= 4 is 22.7 Å². The third-order valence-corrected chi connectivity index (χ3v) is 4.67. The second-order valence-electron chi connectivity index (χ2n) is 6.50. The minimum absolute atomic E-state index is 0.00178. The number of imide groups is 1. The van der Waals surface area contributed by atoms with Crippen LogP contribution in [0.1, 0.15) is 61.5 Å². The van der Waals surface area contributed by atoms with Gasteiger partial charge in [0.15, 0.2) is 0 Å². The molecule has 0 bridgehead atoms. The van der Waals surface area contributed by atoms with E-state index in [9.17, 15) is 9.59 Å². The molecule has 1 heterocycles. The topological polar surface area (TPSA) is 62.0 Å². The summed E-state index contributed by atoms with van der Waals surface area (Å²) in [7, 11) is 0. The Kier molecular flexibility index (Phi) is 4.79. The average molecular weight is 312 g/mol. The maximum atomic E-state index is 12.3. The molecule has 1 saturated carbocycles. The highest BCUT2D eigenvalue weighted by atomic mass is 16.2. The Balaban J connectivity index is 1.71. The monoisotopic (exact) mass is 312 g/mol. The summed E-state index contributed by atoms with van der Waals surface area (Å²) in [6, 6.07) is 7.67. The lowest BCUT2D eigenvalue weighted by molar-refractivity contribution is -0.124. The molecule has 4 nitrogen and oxygen atoms in total. The molecule has 0 spiro atoms. The summed E-state index contributed by atoms with van der Waals surface area (Å²) in [6.07, 6.45) is 7.24. The van der Waals surface area contributed by atoms with Crippen molar-refractivity contribution < 1.29 is 9.59 Å². The molecule has 122 valence electrons. The second kappa shape index (κ2) is 6.99. The highest BCUT2D eigenvalue weighted by molar-refractivity contribution is 6.06. The van der Waals surface area contributed by atoms with E-state index < -0.39 is 0 Å². The molecule has 23 heavy (non-hydrogen) atoms. The average Bonchev–Trinajstić information content (AvgIpc) is 2.97. The van der Waals surface area contributed by atoms with E-state index in [1.165, 1.54) is 12.1 Å². The van der Waals surface area contributed by atoms with Crippen LogP contribution in [0.25, 0.3) is 10.9 Å². The van der Waals surface area contributed by atoms with Gasteiger partial charge in [0.25, 0.3) is 5.91 Å². The van der Waals surface area contributed by atoms with E-state index in [0.717, 1.165) is 49.4 Å². The predicted octanol–water partition coefficient (Wildman–Crippen LogP) is 3.96. The van der Waals surface area contributed by atoms with Crippen LogP contribution in [0.2, 0.25) is 0 Å². The van der Waals surface area contributed by atoms with Gasteiger partial charge in [0.05, 0.1) is 0 Å². The molecular weight excluding hydrogens is 288 g/mol. The van der Waals surface area contributed by atoms with Crippen molar-refractivity contribution in [1.29, 1.82) is 0 Å². The van der Waals surface area contributed by atoms with Gasteiger partial charge in [-0.05, 0) is 42.8 Å². The third-order valence-electron chi connectivity index (χ3n) is 4.67. The number of nitrogens with one attached hydrogen (secondary N) is 2. The number of aryl methyl sites for hydroxylation is 1. The van der Waals surface area contributed by atoms with Crippen LogP contribution >= 0.6 is 0 Å². The van der Waals surface area contributed by atoms with Crippen LogP contribution in [0.5, 0.6) is 0 Å². The molecule has 1 aromatic carbocycles. The second-order valence-corrected chi connectivity index (χ2v) is 6.50. The highest BCUT2D eigenvalue weighted by Crippen LogP contribution is 2.24. The number of rotatable bonds is 4. The van der Waals surface area contributed by atoms with Crippen LogP contribution < -0.4 is 5.32 Å². The fraction of sp³-hybridized carbons (Fsp3) is 0.474. The summed E-state index contributed by atoms with van der Waals surface area (Å²) in [5.41, 5.74) is 2.66. The third kappa shape index (κ3) is 3.63. The standard InChI is InChI=1S/C19H24N2O2/c1-2-6-16-11-14-9-10-15(12-17(14)20-16)19(23)21-18(22)13-7-4-3-5-8-13/h9-13,20H,2-8H2,1H3,(H,21,22,23). The van der Waals surface area contributed by atoms with E-state index in [2.05, 4.69) is 23.3 Å².